The molecule has 1 N–H and O–H groups in total. The van der Waals surface area contributed by atoms with Crippen LogP contribution in [0, 0.1) is 38.7 Å². The first kappa shape index (κ1) is 24.3. The molecule has 4 aliphatic carbocycles. The summed E-state index contributed by atoms with van der Waals surface area (Å²) < 4.78 is 11.3. The number of carbonyl (C=O) groups is 1. The van der Waals surface area contributed by atoms with Gasteiger partial charge in [0.1, 0.15) is 22.3 Å². The number of hydrogen-bond donors (Lipinski definition) is 1. The van der Waals surface area contributed by atoms with Crippen LogP contribution in [0.15, 0.2) is 50.4 Å². The molecule has 1 aromatic carbocycles. The Hall–Kier alpha value is -3.73. The van der Waals surface area contributed by atoms with Gasteiger partial charge in [-0.25, -0.2) is 0 Å². The van der Waals surface area contributed by atoms with Crippen molar-refractivity contribution in [1.82, 2.24) is 5.01 Å². The van der Waals surface area contributed by atoms with Crippen molar-refractivity contribution in [2.45, 2.75) is 45.4 Å². The molecule has 0 saturated heterocycles. The number of nitro benzene ring substituents is 1. The number of carbonyl (C=O) groups excluding carboxylic acids is 1. The van der Waals surface area contributed by atoms with Crippen molar-refractivity contribution in [2.75, 3.05) is 6.61 Å². The van der Waals surface area contributed by atoms with E-state index in [0.717, 1.165) is 42.1 Å². The number of thioether (sulfide) groups is 1. The number of hydrazone groups is 1. The quantitative estimate of drug-likeness (QED) is 0.264. The van der Waals surface area contributed by atoms with E-state index < -0.39 is 10.8 Å². The molecule has 0 spiro atoms. The molecule has 39 heavy (non-hydrogen) atoms. The Bertz CT molecular complexity index is 1490. The number of ether oxygens (including phenoxy) is 1. The van der Waals surface area contributed by atoms with Gasteiger partial charge in [-0.1, -0.05) is 0 Å². The highest BCUT2D eigenvalue weighted by Crippen LogP contribution is 2.62. The number of benzene rings is 1. The smallest absolute Gasteiger partial charge is 0.284 e. The second-order valence-corrected chi connectivity index (χ2v) is 12.2. The van der Waals surface area contributed by atoms with Gasteiger partial charge < -0.3 is 9.15 Å². The van der Waals surface area contributed by atoms with Crippen LogP contribution in [0.5, 0.6) is 5.75 Å². The number of fused-ring (bicyclic) bond motifs is 1. The molecular formula is C28H27N5O5S. The Balaban J connectivity index is 1.16. The molecule has 0 atom stereocenters. The highest BCUT2D eigenvalue weighted by Gasteiger charge is 2.55. The lowest BCUT2D eigenvalue weighted by molar-refractivity contribution is -0.384. The third-order valence-electron chi connectivity index (χ3n) is 8.60. The predicted octanol–water partition coefficient (Wildman–Crippen LogP) is 6.09. The molecule has 2 aromatic rings. The Morgan fingerprint density at radius 2 is 1.92 bits per heavy atom. The van der Waals surface area contributed by atoms with Crippen LogP contribution in [0.25, 0.3) is 17.4 Å². The van der Waals surface area contributed by atoms with Gasteiger partial charge >= 0.3 is 0 Å². The molecule has 3 heterocycles. The van der Waals surface area contributed by atoms with E-state index in [4.69, 9.17) is 19.7 Å². The van der Waals surface area contributed by atoms with Gasteiger partial charge in [0.15, 0.2) is 5.84 Å². The van der Waals surface area contributed by atoms with Crippen LogP contribution in [0.4, 0.5) is 5.69 Å². The fraction of sp³-hybridized carbons (Fsp3) is 0.429. The van der Waals surface area contributed by atoms with E-state index in [1.165, 1.54) is 48.2 Å². The first-order valence-electron chi connectivity index (χ1n) is 13.3. The molecule has 2 aliphatic heterocycles. The summed E-state index contributed by atoms with van der Waals surface area (Å²) in [4.78, 5) is 28.5. The summed E-state index contributed by atoms with van der Waals surface area (Å²) in [6, 6.07) is 7.81. The summed E-state index contributed by atoms with van der Waals surface area (Å²) in [5, 5.41) is 28.3. The molecule has 200 valence electrons. The summed E-state index contributed by atoms with van der Waals surface area (Å²) in [5.41, 5.74) is 0.261. The van der Waals surface area contributed by atoms with Gasteiger partial charge in [0, 0.05) is 5.41 Å². The maximum atomic E-state index is 13.0. The molecule has 6 aliphatic rings. The number of hydrogen-bond acceptors (Lipinski definition) is 8. The van der Waals surface area contributed by atoms with Gasteiger partial charge in [0.2, 0.25) is 5.17 Å². The van der Waals surface area contributed by atoms with Crippen molar-refractivity contribution in [3.05, 3.63) is 51.8 Å². The van der Waals surface area contributed by atoms with E-state index in [-0.39, 0.29) is 34.0 Å². The molecule has 8 rings (SSSR count). The normalized spacial score (nSPS) is 30.0. The molecule has 4 bridgehead atoms. The fourth-order valence-electron chi connectivity index (χ4n) is 7.42. The lowest BCUT2D eigenvalue weighted by atomic mass is 9.50. The fourth-order valence-corrected chi connectivity index (χ4v) is 8.53. The van der Waals surface area contributed by atoms with Crippen molar-refractivity contribution in [1.29, 1.82) is 5.41 Å². The number of nitrogens with zero attached hydrogens (tertiary/aromatic N) is 4. The summed E-state index contributed by atoms with van der Waals surface area (Å²) >= 11 is 1.45. The van der Waals surface area contributed by atoms with E-state index in [9.17, 15) is 14.9 Å². The van der Waals surface area contributed by atoms with Gasteiger partial charge in [0.25, 0.3) is 11.6 Å². The number of amides is 1. The minimum Gasteiger partial charge on any atom is -0.494 e. The van der Waals surface area contributed by atoms with Gasteiger partial charge in [-0.3, -0.25) is 20.3 Å². The van der Waals surface area contributed by atoms with Crippen LogP contribution in [-0.4, -0.2) is 38.5 Å². The molecule has 11 heteroatoms. The summed E-state index contributed by atoms with van der Waals surface area (Å²) in [5.74, 6) is 2.67. The number of rotatable bonds is 6. The van der Waals surface area contributed by atoms with E-state index >= 15 is 0 Å². The van der Waals surface area contributed by atoms with Crippen LogP contribution in [0.3, 0.4) is 0 Å². The van der Waals surface area contributed by atoms with E-state index in [1.54, 1.807) is 31.2 Å². The molecular weight excluding hydrogens is 518 g/mol. The standard InChI is InChI=1S/C28H27N5O5S/c1-2-37-18-3-5-20(22(11-18)33(35)36)23-6-4-19(38-23)10-21-24(29)32-27(30-25(21)34)39-26(31-32)28-12-15-7-16(13-28)9-17(8-15)14-28/h3-6,10-11,15-17,29H,2,7-9,12-14H2,1H3/b21-10+,29-24?. The number of furan rings is 1. The van der Waals surface area contributed by atoms with Crippen molar-refractivity contribution >= 4 is 45.5 Å². The molecule has 1 aromatic heterocycles. The lowest BCUT2D eigenvalue weighted by Crippen LogP contribution is -2.49. The van der Waals surface area contributed by atoms with Crippen LogP contribution in [0.1, 0.15) is 51.2 Å². The summed E-state index contributed by atoms with van der Waals surface area (Å²) in [6.45, 7) is 2.20. The van der Waals surface area contributed by atoms with Crippen molar-refractivity contribution in [3.63, 3.8) is 0 Å². The first-order valence-corrected chi connectivity index (χ1v) is 14.2. The minimum absolute atomic E-state index is 0.0396. The average Bonchev–Trinajstić information content (AvgIpc) is 3.54. The van der Waals surface area contributed by atoms with Crippen molar-refractivity contribution < 1.29 is 18.9 Å². The van der Waals surface area contributed by atoms with Crippen LogP contribution < -0.4 is 4.74 Å². The average molecular weight is 546 g/mol. The van der Waals surface area contributed by atoms with Crippen LogP contribution in [0.2, 0.25) is 0 Å². The lowest BCUT2D eigenvalue weighted by Gasteiger charge is -2.56. The first-order chi connectivity index (χ1) is 18.8. The predicted molar refractivity (Wildman–Crippen MR) is 148 cm³/mol. The monoisotopic (exact) mass is 545 g/mol. The van der Waals surface area contributed by atoms with E-state index in [2.05, 4.69) is 4.99 Å². The molecule has 0 unspecified atom stereocenters. The number of aliphatic imine (C=N–C) groups is 1. The van der Waals surface area contributed by atoms with Crippen LogP contribution >= 0.6 is 11.8 Å². The summed E-state index contributed by atoms with van der Waals surface area (Å²) in [7, 11) is 0. The topological polar surface area (TPSA) is 134 Å². The highest BCUT2D eigenvalue weighted by atomic mass is 32.2. The number of nitrogens with one attached hydrogen (secondary N) is 1. The van der Waals surface area contributed by atoms with Crippen molar-refractivity contribution in [2.24, 2.45) is 33.3 Å². The maximum absolute atomic E-state index is 13.0. The zero-order valence-corrected chi connectivity index (χ0v) is 22.2. The zero-order chi connectivity index (χ0) is 26.9. The minimum atomic E-state index is -0.522. The molecule has 0 radical (unpaired) electrons. The van der Waals surface area contributed by atoms with Gasteiger partial charge in [-0.15, -0.1) is 0 Å². The van der Waals surface area contributed by atoms with Crippen LogP contribution in [-0.2, 0) is 4.79 Å². The maximum Gasteiger partial charge on any atom is 0.284 e. The van der Waals surface area contributed by atoms with E-state index in [0.29, 0.717) is 23.1 Å². The number of nitro groups is 1. The third kappa shape index (κ3) is 4.02. The number of amidine groups is 2. The molecule has 4 saturated carbocycles. The SMILES string of the molecule is CCOc1ccc(-c2ccc(/C=C3\C(=N)N4N=C(C56CC7CC(CC(C7)C5)C6)SC4=NC3=O)o2)c([N+](=O)[O-])c1. The largest absolute Gasteiger partial charge is 0.494 e. The van der Waals surface area contributed by atoms with Gasteiger partial charge in [-0.2, -0.15) is 15.1 Å². The Labute approximate surface area is 228 Å². The molecule has 10 nitrogen and oxygen atoms in total. The van der Waals surface area contributed by atoms with Crippen molar-refractivity contribution in [3.8, 4) is 17.1 Å². The Morgan fingerprint density at radius 1 is 1.21 bits per heavy atom. The Kier molecular flexibility index (Phi) is 5.55. The zero-order valence-electron chi connectivity index (χ0n) is 21.4. The van der Waals surface area contributed by atoms with E-state index in [1.807, 2.05) is 0 Å². The molecule has 1 amide bonds. The summed E-state index contributed by atoms with van der Waals surface area (Å²) in [6.07, 6.45) is 8.86. The second-order valence-electron chi connectivity index (χ2n) is 11.2. The van der Waals surface area contributed by atoms with Gasteiger partial charge in [-0.05, 0) is 105 Å². The van der Waals surface area contributed by atoms with Gasteiger partial charge in [0.05, 0.1) is 28.7 Å². The third-order valence-corrected chi connectivity index (χ3v) is 9.76. The Morgan fingerprint density at radius 3 is 2.59 bits per heavy atom. The second kappa shape index (κ2) is 8.90. The molecule has 4 fully saturated rings. The highest BCUT2D eigenvalue weighted by molar-refractivity contribution is 8.27.